The molecule has 0 bridgehead atoms. The van der Waals surface area contributed by atoms with Gasteiger partial charge < -0.3 is 14.7 Å². The van der Waals surface area contributed by atoms with Crippen LogP contribution in [0.2, 0.25) is 0 Å². The van der Waals surface area contributed by atoms with Crippen LogP contribution in [0.5, 0.6) is 0 Å². The topological polar surface area (TPSA) is 49.8 Å². The summed E-state index contributed by atoms with van der Waals surface area (Å²) < 4.78 is 5.05. The summed E-state index contributed by atoms with van der Waals surface area (Å²) >= 11 is 0. The smallest absolute Gasteiger partial charge is 0.254 e. The fraction of sp³-hybridized carbons (Fsp3) is 0.500. The molecule has 1 saturated heterocycles. The maximum Gasteiger partial charge on any atom is 0.254 e. The van der Waals surface area contributed by atoms with Crippen LogP contribution in [0.3, 0.4) is 0 Å². The van der Waals surface area contributed by atoms with Gasteiger partial charge in [0.15, 0.2) is 0 Å². The van der Waals surface area contributed by atoms with Gasteiger partial charge in [0.2, 0.25) is 0 Å². The highest BCUT2D eigenvalue weighted by Crippen LogP contribution is 2.25. The number of carbonyl (C=O) groups is 1. The van der Waals surface area contributed by atoms with Crippen LogP contribution in [0.15, 0.2) is 24.3 Å². The van der Waals surface area contributed by atoms with Crippen molar-refractivity contribution in [2.45, 2.75) is 25.6 Å². The van der Waals surface area contributed by atoms with Crippen LogP contribution in [0.25, 0.3) is 0 Å². The Hall–Kier alpha value is -1.39. The molecule has 1 amide bonds. The van der Waals surface area contributed by atoms with Crippen LogP contribution in [-0.4, -0.2) is 41.7 Å². The summed E-state index contributed by atoms with van der Waals surface area (Å²) in [6.45, 7) is 3.29. The van der Waals surface area contributed by atoms with Gasteiger partial charge in [0, 0.05) is 12.7 Å². The first-order valence-electron chi connectivity index (χ1n) is 6.17. The molecule has 0 spiro atoms. The molecule has 0 unspecified atom stereocenters. The molecule has 98 valence electrons. The number of β-amino-alcohol motifs (C(OH)–C–C–N with tert-alkyl or cyclic N) is 1. The first kappa shape index (κ1) is 13.1. The lowest BCUT2D eigenvalue weighted by atomic mass is 9.90. The highest BCUT2D eigenvalue weighted by molar-refractivity contribution is 5.95. The number of amides is 1. The van der Waals surface area contributed by atoms with Crippen molar-refractivity contribution in [1.82, 2.24) is 4.90 Å². The largest absolute Gasteiger partial charge is 0.386 e. The van der Waals surface area contributed by atoms with Gasteiger partial charge in [-0.2, -0.15) is 0 Å². The van der Waals surface area contributed by atoms with E-state index in [4.69, 9.17) is 4.74 Å². The van der Waals surface area contributed by atoms with Crippen molar-refractivity contribution in [3.8, 4) is 0 Å². The lowest BCUT2D eigenvalue weighted by Gasteiger charge is -2.46. The minimum Gasteiger partial charge on any atom is -0.386 e. The lowest BCUT2D eigenvalue weighted by molar-refractivity contribution is -0.0826. The van der Waals surface area contributed by atoms with Crippen molar-refractivity contribution in [3.05, 3.63) is 35.4 Å². The Morgan fingerprint density at radius 3 is 2.83 bits per heavy atom. The fourth-order valence-electron chi connectivity index (χ4n) is 2.17. The maximum absolute atomic E-state index is 12.2. The van der Waals surface area contributed by atoms with Gasteiger partial charge in [-0.05, 0) is 24.1 Å². The second kappa shape index (κ2) is 5.08. The summed E-state index contributed by atoms with van der Waals surface area (Å²) in [5.41, 5.74) is 0.956. The van der Waals surface area contributed by atoms with E-state index in [-0.39, 0.29) is 5.91 Å². The zero-order valence-corrected chi connectivity index (χ0v) is 10.8. The molecule has 0 saturated carbocycles. The van der Waals surface area contributed by atoms with Crippen molar-refractivity contribution in [3.63, 3.8) is 0 Å². The maximum atomic E-state index is 12.2. The van der Waals surface area contributed by atoms with E-state index in [2.05, 4.69) is 0 Å². The first-order valence-corrected chi connectivity index (χ1v) is 6.17. The summed E-state index contributed by atoms with van der Waals surface area (Å²) in [5, 5.41) is 9.91. The van der Waals surface area contributed by atoms with E-state index in [1.807, 2.05) is 25.1 Å². The number of nitrogens with zero attached hydrogens (tertiary/aromatic N) is 1. The molecule has 2 rings (SSSR count). The van der Waals surface area contributed by atoms with Gasteiger partial charge in [0.05, 0.1) is 25.3 Å². The summed E-state index contributed by atoms with van der Waals surface area (Å²) in [6.07, 6.45) is 0.681. The summed E-state index contributed by atoms with van der Waals surface area (Å²) in [5.74, 6) is -0.0221. The molecule has 1 aliphatic heterocycles. The van der Waals surface area contributed by atoms with Crippen LogP contribution >= 0.6 is 0 Å². The van der Waals surface area contributed by atoms with Crippen LogP contribution in [-0.2, 0) is 11.3 Å². The highest BCUT2D eigenvalue weighted by Gasteiger charge is 2.42. The normalized spacial score (nSPS) is 17.4. The van der Waals surface area contributed by atoms with E-state index < -0.39 is 5.60 Å². The zero-order valence-electron chi connectivity index (χ0n) is 10.8. The Labute approximate surface area is 107 Å². The Morgan fingerprint density at radius 2 is 2.22 bits per heavy atom. The molecule has 0 aromatic heterocycles. The minimum atomic E-state index is -0.681. The molecular weight excluding hydrogens is 230 g/mol. The van der Waals surface area contributed by atoms with E-state index in [0.717, 1.165) is 5.56 Å². The van der Waals surface area contributed by atoms with Crippen molar-refractivity contribution < 1.29 is 14.6 Å². The Kier molecular flexibility index (Phi) is 3.68. The zero-order chi connectivity index (χ0) is 13.2. The van der Waals surface area contributed by atoms with Crippen molar-refractivity contribution in [1.29, 1.82) is 0 Å². The average Bonchev–Trinajstić information content (AvgIpc) is 2.35. The Bertz CT molecular complexity index is 438. The van der Waals surface area contributed by atoms with E-state index in [1.165, 1.54) is 0 Å². The predicted molar refractivity (Wildman–Crippen MR) is 68.3 cm³/mol. The number of ether oxygens (including phenoxy) is 1. The molecule has 1 aromatic rings. The molecule has 1 heterocycles. The summed E-state index contributed by atoms with van der Waals surface area (Å²) in [4.78, 5) is 13.8. The molecule has 1 aliphatic rings. The number of benzene rings is 1. The van der Waals surface area contributed by atoms with E-state index >= 15 is 0 Å². The van der Waals surface area contributed by atoms with Crippen LogP contribution in [0.4, 0.5) is 0 Å². The van der Waals surface area contributed by atoms with Crippen molar-refractivity contribution >= 4 is 5.91 Å². The molecule has 1 aromatic carbocycles. The van der Waals surface area contributed by atoms with Gasteiger partial charge in [-0.1, -0.05) is 19.1 Å². The number of rotatable bonds is 4. The molecular formula is C14H19NO3. The standard InChI is InChI=1S/C14H19NO3/c1-3-14(17)9-15(10-14)13(16)12-6-4-5-11(7-12)8-18-2/h4-7,17H,3,8-10H2,1-2H3. The number of hydrogen-bond acceptors (Lipinski definition) is 3. The lowest BCUT2D eigenvalue weighted by Crippen LogP contribution is -2.63. The van der Waals surface area contributed by atoms with Gasteiger partial charge >= 0.3 is 0 Å². The Balaban J connectivity index is 2.04. The number of methoxy groups -OCH3 is 1. The third-order valence-corrected chi connectivity index (χ3v) is 3.40. The van der Waals surface area contributed by atoms with E-state index in [9.17, 15) is 9.90 Å². The highest BCUT2D eigenvalue weighted by atomic mass is 16.5. The van der Waals surface area contributed by atoms with Gasteiger partial charge in [0.1, 0.15) is 0 Å². The quantitative estimate of drug-likeness (QED) is 0.878. The van der Waals surface area contributed by atoms with Crippen molar-refractivity contribution in [2.24, 2.45) is 0 Å². The third kappa shape index (κ3) is 2.54. The monoisotopic (exact) mass is 249 g/mol. The van der Waals surface area contributed by atoms with Gasteiger partial charge in [-0.15, -0.1) is 0 Å². The number of likely N-dealkylation sites (tertiary alicyclic amines) is 1. The second-order valence-corrected chi connectivity index (χ2v) is 4.87. The van der Waals surface area contributed by atoms with Gasteiger partial charge in [-0.3, -0.25) is 4.79 Å². The molecule has 4 heteroatoms. The molecule has 0 aliphatic carbocycles. The summed E-state index contributed by atoms with van der Waals surface area (Å²) in [6, 6.07) is 7.42. The first-order chi connectivity index (χ1) is 8.58. The molecule has 1 N–H and O–H groups in total. The number of aliphatic hydroxyl groups is 1. The number of hydrogen-bond donors (Lipinski definition) is 1. The third-order valence-electron chi connectivity index (χ3n) is 3.40. The van der Waals surface area contributed by atoms with Crippen LogP contribution < -0.4 is 0 Å². The SMILES string of the molecule is CCC1(O)CN(C(=O)c2cccc(COC)c2)C1. The fourth-order valence-corrected chi connectivity index (χ4v) is 2.17. The molecule has 0 radical (unpaired) electrons. The Morgan fingerprint density at radius 1 is 1.50 bits per heavy atom. The van der Waals surface area contributed by atoms with E-state index in [1.54, 1.807) is 18.1 Å². The van der Waals surface area contributed by atoms with Gasteiger partial charge in [0.25, 0.3) is 5.91 Å². The van der Waals surface area contributed by atoms with Gasteiger partial charge in [-0.25, -0.2) is 0 Å². The summed E-state index contributed by atoms with van der Waals surface area (Å²) in [7, 11) is 1.63. The molecule has 18 heavy (non-hydrogen) atoms. The molecule has 0 atom stereocenters. The van der Waals surface area contributed by atoms with Crippen LogP contribution in [0, 0.1) is 0 Å². The second-order valence-electron chi connectivity index (χ2n) is 4.87. The minimum absolute atomic E-state index is 0.0221. The molecule has 4 nitrogen and oxygen atoms in total. The van der Waals surface area contributed by atoms with Crippen LogP contribution in [0.1, 0.15) is 29.3 Å². The molecule has 1 fully saturated rings. The van der Waals surface area contributed by atoms with Crippen molar-refractivity contribution in [2.75, 3.05) is 20.2 Å². The average molecular weight is 249 g/mol. The number of carbonyl (C=O) groups excluding carboxylic acids is 1. The van der Waals surface area contributed by atoms with E-state index in [0.29, 0.717) is 31.7 Å². The predicted octanol–water partition coefficient (Wildman–Crippen LogP) is 1.43.